The molecule has 0 aliphatic heterocycles. The first-order chi connectivity index (χ1) is 7.69. The second kappa shape index (κ2) is 6.44. The quantitative estimate of drug-likeness (QED) is 0.821. The van der Waals surface area contributed by atoms with Gasteiger partial charge in [0.25, 0.3) is 0 Å². The second-order valence-corrected chi connectivity index (χ2v) is 4.33. The molecule has 0 aromatic carbocycles. The van der Waals surface area contributed by atoms with Gasteiger partial charge in [-0.05, 0) is 43.5 Å². The van der Waals surface area contributed by atoms with Crippen LogP contribution >= 0.6 is 0 Å². The van der Waals surface area contributed by atoms with E-state index in [0.29, 0.717) is 5.92 Å². The molecule has 1 heterocycles. The van der Waals surface area contributed by atoms with Crippen molar-refractivity contribution in [3.8, 4) is 0 Å². The molecule has 1 aromatic heterocycles. The molecule has 16 heavy (non-hydrogen) atoms. The van der Waals surface area contributed by atoms with Crippen molar-refractivity contribution >= 4 is 6.08 Å². The zero-order chi connectivity index (χ0) is 12.0. The number of nitrogens with zero attached hydrogens (tertiary/aromatic N) is 1. The van der Waals surface area contributed by atoms with Crippen LogP contribution in [0.1, 0.15) is 44.2 Å². The summed E-state index contributed by atoms with van der Waals surface area (Å²) >= 11 is 0. The fourth-order valence-corrected chi connectivity index (χ4v) is 1.80. The first kappa shape index (κ1) is 12.9. The summed E-state index contributed by atoms with van der Waals surface area (Å²) in [5.74, 6) is 0.594. The van der Waals surface area contributed by atoms with E-state index in [1.165, 1.54) is 16.7 Å². The van der Waals surface area contributed by atoms with Gasteiger partial charge in [-0.2, -0.15) is 0 Å². The Labute approximate surface area is 98.8 Å². The van der Waals surface area contributed by atoms with E-state index in [0.717, 1.165) is 13.0 Å². The Morgan fingerprint density at radius 3 is 2.94 bits per heavy atom. The zero-order valence-electron chi connectivity index (χ0n) is 10.7. The van der Waals surface area contributed by atoms with Gasteiger partial charge in [0.05, 0.1) is 0 Å². The fraction of sp³-hybridized carbons (Fsp3) is 0.500. The Morgan fingerprint density at radius 2 is 2.31 bits per heavy atom. The van der Waals surface area contributed by atoms with E-state index < -0.39 is 0 Å². The smallest absolute Gasteiger partial charge is 0.0343 e. The largest absolute Gasteiger partial charge is 0.316 e. The van der Waals surface area contributed by atoms with Gasteiger partial charge in [-0.15, -0.1) is 0 Å². The maximum Gasteiger partial charge on any atom is 0.0343 e. The molecular formula is C14H22N2. The number of aromatic nitrogens is 1. The molecule has 1 aromatic rings. The van der Waals surface area contributed by atoms with Crippen LogP contribution in [0.15, 0.2) is 24.0 Å². The molecule has 1 atom stereocenters. The highest BCUT2D eigenvalue weighted by Crippen LogP contribution is 2.23. The second-order valence-electron chi connectivity index (χ2n) is 4.33. The molecule has 0 amide bonds. The van der Waals surface area contributed by atoms with Crippen molar-refractivity contribution in [3.63, 3.8) is 0 Å². The summed E-state index contributed by atoms with van der Waals surface area (Å²) in [5.41, 5.74) is 3.98. The van der Waals surface area contributed by atoms with Crippen LogP contribution < -0.4 is 5.32 Å². The third-order valence-corrected chi connectivity index (χ3v) is 2.89. The summed E-state index contributed by atoms with van der Waals surface area (Å²) in [6.07, 6.45) is 7.23. The Bertz CT molecular complexity index is 356. The van der Waals surface area contributed by atoms with Crippen molar-refractivity contribution in [2.45, 2.75) is 33.1 Å². The molecule has 1 N–H and O–H groups in total. The Kier molecular flexibility index (Phi) is 5.20. The molecule has 0 spiro atoms. The first-order valence-electron chi connectivity index (χ1n) is 5.94. The van der Waals surface area contributed by atoms with Gasteiger partial charge >= 0.3 is 0 Å². The van der Waals surface area contributed by atoms with Gasteiger partial charge in [-0.25, -0.2) is 0 Å². The third kappa shape index (κ3) is 3.46. The van der Waals surface area contributed by atoms with Gasteiger partial charge < -0.3 is 5.32 Å². The van der Waals surface area contributed by atoms with E-state index in [1.807, 2.05) is 19.4 Å². The summed E-state index contributed by atoms with van der Waals surface area (Å²) in [4.78, 5) is 4.21. The lowest BCUT2D eigenvalue weighted by Gasteiger charge is -2.12. The summed E-state index contributed by atoms with van der Waals surface area (Å²) in [6.45, 7) is 7.55. The zero-order valence-corrected chi connectivity index (χ0v) is 10.7. The molecule has 0 fully saturated rings. The van der Waals surface area contributed by atoms with E-state index in [-0.39, 0.29) is 0 Å². The molecule has 1 rings (SSSR count). The predicted molar refractivity (Wildman–Crippen MR) is 70.5 cm³/mol. The minimum atomic E-state index is 0.594. The standard InChI is InChI=1S/C14H22N2/c1-5-12(3)14-6-7-16-10-13(14)8-11(2)9-15-4/h6-8,10,12,15H,5,9H2,1-4H3/b11-8+/t12-/m1/s1. The van der Waals surface area contributed by atoms with E-state index in [1.54, 1.807) is 0 Å². The molecule has 0 radical (unpaired) electrons. The lowest BCUT2D eigenvalue weighted by Crippen LogP contribution is -2.08. The molecule has 2 nitrogen and oxygen atoms in total. The van der Waals surface area contributed by atoms with Gasteiger partial charge in [0.2, 0.25) is 0 Å². The van der Waals surface area contributed by atoms with Crippen molar-refractivity contribution in [1.82, 2.24) is 10.3 Å². The van der Waals surface area contributed by atoms with Crippen molar-refractivity contribution < 1.29 is 0 Å². The first-order valence-corrected chi connectivity index (χ1v) is 5.94. The molecule has 2 heteroatoms. The van der Waals surface area contributed by atoms with Gasteiger partial charge in [0.15, 0.2) is 0 Å². The van der Waals surface area contributed by atoms with Gasteiger partial charge in [0, 0.05) is 18.9 Å². The maximum atomic E-state index is 4.21. The minimum absolute atomic E-state index is 0.594. The van der Waals surface area contributed by atoms with Crippen LogP contribution in [-0.4, -0.2) is 18.6 Å². The van der Waals surface area contributed by atoms with Crippen LogP contribution in [0.3, 0.4) is 0 Å². The molecule has 88 valence electrons. The molecule has 0 unspecified atom stereocenters. The summed E-state index contributed by atoms with van der Waals surface area (Å²) in [7, 11) is 1.97. The highest BCUT2D eigenvalue weighted by molar-refractivity contribution is 5.56. The van der Waals surface area contributed by atoms with Crippen molar-refractivity contribution in [2.75, 3.05) is 13.6 Å². The third-order valence-electron chi connectivity index (χ3n) is 2.89. The van der Waals surface area contributed by atoms with E-state index in [9.17, 15) is 0 Å². The average Bonchev–Trinajstić information content (AvgIpc) is 2.29. The van der Waals surface area contributed by atoms with Crippen molar-refractivity contribution in [3.05, 3.63) is 35.2 Å². The van der Waals surface area contributed by atoms with Crippen LogP contribution in [0.5, 0.6) is 0 Å². The SMILES string of the molecule is CC[C@@H](C)c1ccncc1/C=C(\C)CNC. The highest BCUT2D eigenvalue weighted by Gasteiger charge is 2.07. The van der Waals surface area contributed by atoms with Gasteiger partial charge in [0.1, 0.15) is 0 Å². The molecule has 0 aliphatic carbocycles. The molecule has 0 bridgehead atoms. The van der Waals surface area contributed by atoms with Gasteiger partial charge in [-0.3, -0.25) is 4.98 Å². The number of nitrogens with one attached hydrogen (secondary N) is 1. The van der Waals surface area contributed by atoms with Crippen LogP contribution in [0, 0.1) is 0 Å². The molecule has 0 aliphatic rings. The lowest BCUT2D eigenvalue weighted by atomic mass is 9.94. The Balaban J connectivity index is 2.99. The van der Waals surface area contributed by atoms with Crippen molar-refractivity contribution in [2.24, 2.45) is 0 Å². The summed E-state index contributed by atoms with van der Waals surface area (Å²) in [6, 6.07) is 2.13. The molecular weight excluding hydrogens is 196 g/mol. The Morgan fingerprint density at radius 1 is 1.56 bits per heavy atom. The maximum absolute atomic E-state index is 4.21. The topological polar surface area (TPSA) is 24.9 Å². The van der Waals surface area contributed by atoms with Crippen LogP contribution in [0.4, 0.5) is 0 Å². The van der Waals surface area contributed by atoms with Gasteiger partial charge in [-0.1, -0.05) is 25.5 Å². The Hall–Kier alpha value is -1.15. The van der Waals surface area contributed by atoms with Crippen molar-refractivity contribution in [1.29, 1.82) is 0 Å². The van der Waals surface area contributed by atoms with E-state index in [4.69, 9.17) is 0 Å². The average molecular weight is 218 g/mol. The van der Waals surface area contributed by atoms with Crippen LogP contribution in [0.25, 0.3) is 6.08 Å². The highest BCUT2D eigenvalue weighted by atomic mass is 14.8. The number of pyridine rings is 1. The molecule has 0 saturated heterocycles. The number of hydrogen-bond donors (Lipinski definition) is 1. The number of rotatable bonds is 5. The van der Waals surface area contributed by atoms with Crippen LogP contribution in [0.2, 0.25) is 0 Å². The molecule has 0 saturated carbocycles. The monoisotopic (exact) mass is 218 g/mol. The van der Waals surface area contributed by atoms with E-state index in [2.05, 4.69) is 43.2 Å². The van der Waals surface area contributed by atoms with Crippen LogP contribution in [-0.2, 0) is 0 Å². The summed E-state index contributed by atoms with van der Waals surface area (Å²) in [5, 5.41) is 3.16. The predicted octanol–water partition coefficient (Wildman–Crippen LogP) is 3.22. The fourth-order valence-electron chi connectivity index (χ4n) is 1.80. The van der Waals surface area contributed by atoms with E-state index >= 15 is 0 Å². The minimum Gasteiger partial charge on any atom is -0.316 e. The number of hydrogen-bond acceptors (Lipinski definition) is 2. The lowest BCUT2D eigenvalue weighted by molar-refractivity contribution is 0.730. The number of likely N-dealkylation sites (N-methyl/N-ethyl adjacent to an activating group) is 1. The summed E-state index contributed by atoms with van der Waals surface area (Å²) < 4.78 is 0. The normalized spacial score (nSPS) is 13.9.